The first-order valence-electron chi connectivity index (χ1n) is 11.2. The van der Waals surface area contributed by atoms with Crippen LogP contribution in [-0.4, -0.2) is 52.8 Å². The standard InChI is InChI=1S/C25H31N3O2/c29-24(27-15-1-2-16-27)8-7-20-3-5-21(6-4-20)19-22-11-17-28(18-12-22)25(30)23-9-13-26-14-10-23/h3-6,9-10,13-14,22H,1-2,7-8,11-12,15-19H2. The maximum atomic E-state index is 12.6. The summed E-state index contributed by atoms with van der Waals surface area (Å²) in [4.78, 5) is 32.7. The molecule has 158 valence electrons. The fraction of sp³-hybridized carbons (Fsp3) is 0.480. The normalized spacial score (nSPS) is 17.3. The quantitative estimate of drug-likeness (QED) is 0.736. The van der Waals surface area contributed by atoms with E-state index in [1.54, 1.807) is 24.5 Å². The molecular formula is C25H31N3O2. The highest BCUT2D eigenvalue weighted by molar-refractivity contribution is 5.94. The van der Waals surface area contributed by atoms with Gasteiger partial charge in [-0.3, -0.25) is 14.6 Å². The van der Waals surface area contributed by atoms with Crippen molar-refractivity contribution in [3.63, 3.8) is 0 Å². The number of amides is 2. The number of hydrogen-bond donors (Lipinski definition) is 0. The van der Waals surface area contributed by atoms with Gasteiger partial charge >= 0.3 is 0 Å². The van der Waals surface area contributed by atoms with Crippen LogP contribution in [0.4, 0.5) is 0 Å². The molecule has 0 spiro atoms. The summed E-state index contributed by atoms with van der Waals surface area (Å²) in [5.74, 6) is 1.03. The molecule has 1 aromatic heterocycles. The number of aryl methyl sites for hydroxylation is 1. The van der Waals surface area contributed by atoms with Crippen molar-refractivity contribution in [2.45, 2.75) is 44.9 Å². The van der Waals surface area contributed by atoms with Crippen molar-refractivity contribution >= 4 is 11.8 Å². The molecule has 0 bridgehead atoms. The lowest BCUT2D eigenvalue weighted by Gasteiger charge is -2.32. The van der Waals surface area contributed by atoms with Crippen molar-refractivity contribution < 1.29 is 9.59 Å². The van der Waals surface area contributed by atoms with Crippen LogP contribution in [0.25, 0.3) is 0 Å². The second-order valence-electron chi connectivity index (χ2n) is 8.58. The summed E-state index contributed by atoms with van der Waals surface area (Å²) in [5, 5.41) is 0. The minimum Gasteiger partial charge on any atom is -0.343 e. The summed E-state index contributed by atoms with van der Waals surface area (Å²) in [6.45, 7) is 3.51. The van der Waals surface area contributed by atoms with E-state index in [1.165, 1.54) is 11.1 Å². The van der Waals surface area contributed by atoms with E-state index in [0.717, 1.165) is 70.3 Å². The largest absolute Gasteiger partial charge is 0.343 e. The monoisotopic (exact) mass is 405 g/mol. The Labute approximate surface area is 179 Å². The third kappa shape index (κ3) is 5.26. The van der Waals surface area contributed by atoms with Crippen LogP contribution < -0.4 is 0 Å². The summed E-state index contributed by atoms with van der Waals surface area (Å²) in [7, 11) is 0. The van der Waals surface area contributed by atoms with Gasteiger partial charge in [0.15, 0.2) is 0 Å². The predicted octanol–water partition coefficient (Wildman–Crippen LogP) is 3.73. The maximum absolute atomic E-state index is 12.6. The van der Waals surface area contributed by atoms with Crippen LogP contribution in [0.3, 0.4) is 0 Å². The Balaban J connectivity index is 1.21. The number of carbonyl (C=O) groups is 2. The van der Waals surface area contributed by atoms with Gasteiger partial charge in [0.25, 0.3) is 5.91 Å². The summed E-state index contributed by atoms with van der Waals surface area (Å²) >= 11 is 0. The van der Waals surface area contributed by atoms with Gasteiger partial charge in [0.05, 0.1) is 0 Å². The van der Waals surface area contributed by atoms with Crippen molar-refractivity contribution in [2.75, 3.05) is 26.2 Å². The molecule has 0 atom stereocenters. The Morgan fingerprint density at radius 3 is 2.13 bits per heavy atom. The third-order valence-electron chi connectivity index (χ3n) is 6.46. The number of piperidine rings is 1. The van der Waals surface area contributed by atoms with Crippen molar-refractivity contribution in [2.24, 2.45) is 5.92 Å². The van der Waals surface area contributed by atoms with Gasteiger partial charge in [-0.15, -0.1) is 0 Å². The van der Waals surface area contributed by atoms with Gasteiger partial charge in [-0.25, -0.2) is 0 Å². The van der Waals surface area contributed by atoms with Crippen LogP contribution in [0, 0.1) is 5.92 Å². The van der Waals surface area contributed by atoms with Gasteiger partial charge in [-0.05, 0) is 67.7 Å². The minimum absolute atomic E-state index is 0.115. The van der Waals surface area contributed by atoms with Gasteiger partial charge in [0.2, 0.25) is 5.91 Å². The van der Waals surface area contributed by atoms with Crippen LogP contribution in [0.15, 0.2) is 48.8 Å². The highest BCUT2D eigenvalue weighted by Gasteiger charge is 2.24. The number of rotatable bonds is 6. The smallest absolute Gasteiger partial charge is 0.253 e. The lowest BCUT2D eigenvalue weighted by Crippen LogP contribution is -2.38. The molecule has 4 rings (SSSR count). The second kappa shape index (κ2) is 9.88. The van der Waals surface area contributed by atoms with E-state index in [9.17, 15) is 9.59 Å². The lowest BCUT2D eigenvalue weighted by molar-refractivity contribution is -0.130. The molecule has 0 unspecified atom stereocenters. The molecule has 3 heterocycles. The number of benzene rings is 1. The molecule has 2 amide bonds. The molecule has 2 aliphatic rings. The highest BCUT2D eigenvalue weighted by atomic mass is 16.2. The van der Waals surface area contributed by atoms with E-state index in [4.69, 9.17) is 0 Å². The third-order valence-corrected chi connectivity index (χ3v) is 6.46. The molecule has 5 heteroatoms. The number of pyridine rings is 1. The average Bonchev–Trinajstić information content (AvgIpc) is 3.34. The first-order chi connectivity index (χ1) is 14.7. The Morgan fingerprint density at radius 1 is 0.833 bits per heavy atom. The molecule has 0 N–H and O–H groups in total. The topological polar surface area (TPSA) is 53.5 Å². The zero-order valence-electron chi connectivity index (χ0n) is 17.6. The van der Waals surface area contributed by atoms with Crippen LogP contribution in [0.1, 0.15) is 53.6 Å². The van der Waals surface area contributed by atoms with E-state index in [1.807, 2.05) is 9.80 Å². The fourth-order valence-corrected chi connectivity index (χ4v) is 4.57. The molecule has 2 saturated heterocycles. The van der Waals surface area contributed by atoms with Crippen molar-refractivity contribution in [3.05, 3.63) is 65.5 Å². The molecule has 0 radical (unpaired) electrons. The highest BCUT2D eigenvalue weighted by Crippen LogP contribution is 2.23. The van der Waals surface area contributed by atoms with E-state index in [-0.39, 0.29) is 5.91 Å². The molecule has 1 aromatic carbocycles. The van der Waals surface area contributed by atoms with Crippen LogP contribution in [-0.2, 0) is 17.6 Å². The number of aromatic nitrogens is 1. The van der Waals surface area contributed by atoms with E-state index in [2.05, 4.69) is 29.2 Å². The predicted molar refractivity (Wildman–Crippen MR) is 117 cm³/mol. The van der Waals surface area contributed by atoms with Gasteiger partial charge in [0.1, 0.15) is 0 Å². The number of nitrogens with zero attached hydrogens (tertiary/aromatic N) is 3. The summed E-state index contributed by atoms with van der Waals surface area (Å²) in [6, 6.07) is 12.3. The zero-order chi connectivity index (χ0) is 20.8. The molecule has 0 aliphatic carbocycles. The van der Waals surface area contributed by atoms with Crippen LogP contribution in [0.2, 0.25) is 0 Å². The van der Waals surface area contributed by atoms with E-state index >= 15 is 0 Å². The molecular weight excluding hydrogens is 374 g/mol. The van der Waals surface area contributed by atoms with Crippen molar-refractivity contribution in [1.29, 1.82) is 0 Å². The molecule has 30 heavy (non-hydrogen) atoms. The maximum Gasteiger partial charge on any atom is 0.253 e. The van der Waals surface area contributed by atoms with Crippen molar-refractivity contribution in [3.8, 4) is 0 Å². The van der Waals surface area contributed by atoms with Crippen molar-refractivity contribution in [1.82, 2.24) is 14.8 Å². The molecule has 2 aliphatic heterocycles. The SMILES string of the molecule is O=C(CCc1ccc(CC2CCN(C(=O)c3ccncc3)CC2)cc1)N1CCCC1. The van der Waals surface area contributed by atoms with Gasteiger partial charge in [-0.2, -0.15) is 0 Å². The van der Waals surface area contributed by atoms with Crippen LogP contribution >= 0.6 is 0 Å². The van der Waals surface area contributed by atoms with Gasteiger partial charge < -0.3 is 9.80 Å². The average molecular weight is 406 g/mol. The number of carbonyl (C=O) groups excluding carboxylic acids is 2. The molecule has 2 aromatic rings. The summed E-state index contributed by atoms with van der Waals surface area (Å²) < 4.78 is 0. The zero-order valence-corrected chi connectivity index (χ0v) is 17.6. The van der Waals surface area contributed by atoms with Crippen LogP contribution in [0.5, 0.6) is 0 Å². The Morgan fingerprint density at radius 2 is 1.47 bits per heavy atom. The number of likely N-dealkylation sites (tertiary alicyclic amines) is 2. The minimum atomic E-state index is 0.115. The first kappa shape index (κ1) is 20.6. The fourth-order valence-electron chi connectivity index (χ4n) is 4.57. The molecule has 0 saturated carbocycles. The van der Waals surface area contributed by atoms with E-state index < -0.39 is 0 Å². The van der Waals surface area contributed by atoms with E-state index in [0.29, 0.717) is 18.2 Å². The Kier molecular flexibility index (Phi) is 6.77. The lowest BCUT2D eigenvalue weighted by atomic mass is 9.89. The molecule has 5 nitrogen and oxygen atoms in total. The summed E-state index contributed by atoms with van der Waals surface area (Å²) in [6.07, 6.45) is 10.2. The Hall–Kier alpha value is -2.69. The Bertz CT molecular complexity index is 836. The van der Waals surface area contributed by atoms with Gasteiger partial charge in [-0.1, -0.05) is 24.3 Å². The first-order valence-corrected chi connectivity index (χ1v) is 11.2. The second-order valence-corrected chi connectivity index (χ2v) is 8.58. The van der Waals surface area contributed by atoms with Gasteiger partial charge in [0, 0.05) is 50.6 Å². The molecule has 2 fully saturated rings. The summed E-state index contributed by atoms with van der Waals surface area (Å²) in [5.41, 5.74) is 3.31. The number of hydrogen-bond acceptors (Lipinski definition) is 3.